The summed E-state index contributed by atoms with van der Waals surface area (Å²) >= 11 is 1.49. The number of anilines is 2. The van der Waals surface area contributed by atoms with E-state index in [0.717, 1.165) is 27.5 Å². The van der Waals surface area contributed by atoms with E-state index < -0.39 is 6.09 Å². The maximum absolute atomic E-state index is 11.9. The van der Waals surface area contributed by atoms with E-state index >= 15 is 0 Å². The molecule has 154 valence electrons. The Kier molecular flexibility index (Phi) is 6.67. The first-order valence-electron chi connectivity index (χ1n) is 9.64. The highest BCUT2D eigenvalue weighted by atomic mass is 32.1. The molecule has 1 amide bonds. The minimum atomic E-state index is -0.495. The Morgan fingerprint density at radius 1 is 0.968 bits per heavy atom. The van der Waals surface area contributed by atoms with Crippen LogP contribution in [0, 0.1) is 0 Å². The zero-order valence-corrected chi connectivity index (χ0v) is 17.4. The van der Waals surface area contributed by atoms with Gasteiger partial charge in [-0.05, 0) is 23.3 Å². The molecule has 0 atom stereocenters. The average molecular weight is 429 g/mol. The second-order valence-electron chi connectivity index (χ2n) is 6.58. The molecule has 0 radical (unpaired) electrons. The van der Waals surface area contributed by atoms with Gasteiger partial charge < -0.3 is 4.74 Å². The first-order valence-corrected chi connectivity index (χ1v) is 10.5. The number of carbonyl (C=O) groups is 1. The number of ether oxygens (including phenoxy) is 1. The van der Waals surface area contributed by atoms with Crippen molar-refractivity contribution in [1.29, 1.82) is 0 Å². The highest BCUT2D eigenvalue weighted by Crippen LogP contribution is 2.24. The molecule has 0 saturated heterocycles. The average Bonchev–Trinajstić information content (AvgIpc) is 3.29. The van der Waals surface area contributed by atoms with Crippen LogP contribution in [0.2, 0.25) is 0 Å². The molecular formula is C24H20N4O2S. The van der Waals surface area contributed by atoms with Crippen LogP contribution >= 0.6 is 11.3 Å². The van der Waals surface area contributed by atoms with E-state index in [-0.39, 0.29) is 6.61 Å². The van der Waals surface area contributed by atoms with Gasteiger partial charge in [0, 0.05) is 16.6 Å². The molecule has 31 heavy (non-hydrogen) atoms. The molecule has 0 bridgehead atoms. The number of carbonyl (C=O) groups excluding carboxylic acids is 1. The molecule has 0 fully saturated rings. The molecule has 1 aromatic heterocycles. The molecule has 2 N–H and O–H groups in total. The number of hydrogen-bond donors (Lipinski definition) is 2. The summed E-state index contributed by atoms with van der Waals surface area (Å²) in [6.45, 7) is 0.228. The third-order valence-corrected chi connectivity index (χ3v) is 5.06. The van der Waals surface area contributed by atoms with Crippen LogP contribution in [0.1, 0.15) is 11.1 Å². The Morgan fingerprint density at radius 3 is 2.42 bits per heavy atom. The van der Waals surface area contributed by atoms with Gasteiger partial charge in [0.25, 0.3) is 0 Å². The van der Waals surface area contributed by atoms with Crippen LogP contribution in [0.25, 0.3) is 11.3 Å². The summed E-state index contributed by atoms with van der Waals surface area (Å²) in [5, 5.41) is 9.65. The second kappa shape index (κ2) is 10.2. The molecule has 0 aliphatic carbocycles. The van der Waals surface area contributed by atoms with Crippen molar-refractivity contribution in [2.45, 2.75) is 6.61 Å². The van der Waals surface area contributed by atoms with Crippen molar-refractivity contribution in [3.63, 3.8) is 0 Å². The number of hydrogen-bond acceptors (Lipinski definition) is 6. The standard InChI is InChI=1S/C24H20N4O2S/c29-24(30-16-19-7-3-1-4-8-19)26-21-13-11-18(12-14-21)15-25-28-23-27-22(17-31-23)20-9-5-2-6-10-20/h1-15,17H,16H2,(H,26,29)(H,27,28). The molecule has 0 aliphatic heterocycles. The summed E-state index contributed by atoms with van der Waals surface area (Å²) < 4.78 is 5.22. The molecule has 4 aromatic rings. The number of hydrazone groups is 1. The number of rotatable bonds is 7. The highest BCUT2D eigenvalue weighted by Gasteiger charge is 2.04. The maximum atomic E-state index is 11.9. The molecule has 6 nitrogen and oxygen atoms in total. The van der Waals surface area contributed by atoms with E-state index in [4.69, 9.17) is 4.74 Å². The lowest BCUT2D eigenvalue weighted by molar-refractivity contribution is 0.155. The first-order chi connectivity index (χ1) is 15.3. The summed E-state index contributed by atoms with van der Waals surface area (Å²) in [4.78, 5) is 16.5. The molecule has 0 unspecified atom stereocenters. The molecular weight excluding hydrogens is 408 g/mol. The van der Waals surface area contributed by atoms with Gasteiger partial charge >= 0.3 is 6.09 Å². The minimum Gasteiger partial charge on any atom is -0.444 e. The Morgan fingerprint density at radius 2 is 1.68 bits per heavy atom. The van der Waals surface area contributed by atoms with Gasteiger partial charge in [-0.15, -0.1) is 11.3 Å². The molecule has 0 aliphatic rings. The number of benzene rings is 3. The van der Waals surface area contributed by atoms with Gasteiger partial charge in [0.15, 0.2) is 0 Å². The number of nitrogens with one attached hydrogen (secondary N) is 2. The van der Waals surface area contributed by atoms with Gasteiger partial charge in [-0.3, -0.25) is 10.7 Å². The third-order valence-electron chi connectivity index (χ3n) is 4.32. The predicted molar refractivity (Wildman–Crippen MR) is 125 cm³/mol. The van der Waals surface area contributed by atoms with Crippen LogP contribution in [-0.2, 0) is 11.3 Å². The lowest BCUT2D eigenvalue weighted by atomic mass is 10.2. The van der Waals surface area contributed by atoms with Crippen LogP contribution in [0.3, 0.4) is 0 Å². The van der Waals surface area contributed by atoms with Crippen LogP contribution in [0.4, 0.5) is 15.6 Å². The summed E-state index contributed by atoms with van der Waals surface area (Å²) in [6.07, 6.45) is 1.20. The van der Waals surface area contributed by atoms with E-state index in [9.17, 15) is 4.79 Å². The minimum absolute atomic E-state index is 0.228. The maximum Gasteiger partial charge on any atom is 0.411 e. The Balaban J connectivity index is 1.26. The van der Waals surface area contributed by atoms with Crippen LogP contribution in [0.15, 0.2) is 95.4 Å². The van der Waals surface area contributed by atoms with Crippen molar-refractivity contribution in [3.8, 4) is 11.3 Å². The molecule has 0 spiro atoms. The fraction of sp³-hybridized carbons (Fsp3) is 0.0417. The monoisotopic (exact) mass is 428 g/mol. The zero-order valence-electron chi connectivity index (χ0n) is 16.6. The fourth-order valence-electron chi connectivity index (χ4n) is 2.76. The SMILES string of the molecule is O=C(Nc1ccc(C=NNc2nc(-c3ccccc3)cs2)cc1)OCc1ccccc1. The van der Waals surface area contributed by atoms with E-state index in [1.807, 2.05) is 78.2 Å². The topological polar surface area (TPSA) is 75.6 Å². The van der Waals surface area contributed by atoms with Crippen molar-refractivity contribution in [3.05, 3.63) is 101 Å². The zero-order chi connectivity index (χ0) is 21.3. The lowest BCUT2D eigenvalue weighted by Crippen LogP contribution is -2.13. The number of aromatic nitrogens is 1. The van der Waals surface area contributed by atoms with Gasteiger partial charge in [-0.2, -0.15) is 5.10 Å². The van der Waals surface area contributed by atoms with Crippen molar-refractivity contribution < 1.29 is 9.53 Å². The van der Waals surface area contributed by atoms with E-state index in [2.05, 4.69) is 20.8 Å². The molecule has 4 rings (SSSR count). The Labute approximate surface area is 184 Å². The largest absolute Gasteiger partial charge is 0.444 e. The first kappa shape index (κ1) is 20.3. The van der Waals surface area contributed by atoms with Crippen molar-refractivity contribution in [2.24, 2.45) is 5.10 Å². The quantitative estimate of drug-likeness (QED) is 0.279. The molecule has 1 heterocycles. The molecule has 3 aromatic carbocycles. The predicted octanol–water partition coefficient (Wildman–Crippen LogP) is 6.00. The van der Waals surface area contributed by atoms with E-state index in [1.165, 1.54) is 11.3 Å². The smallest absolute Gasteiger partial charge is 0.411 e. The Bertz CT molecular complexity index is 1140. The summed E-state index contributed by atoms with van der Waals surface area (Å²) in [6, 6.07) is 26.8. The highest BCUT2D eigenvalue weighted by molar-refractivity contribution is 7.14. The fourth-order valence-corrected chi connectivity index (χ4v) is 3.43. The molecule has 0 saturated carbocycles. The van der Waals surface area contributed by atoms with Gasteiger partial charge in [0.2, 0.25) is 5.13 Å². The summed E-state index contributed by atoms with van der Waals surface area (Å²) in [5.74, 6) is 0. The number of amides is 1. The summed E-state index contributed by atoms with van der Waals surface area (Å²) in [7, 11) is 0. The normalized spacial score (nSPS) is 10.7. The van der Waals surface area contributed by atoms with Crippen molar-refractivity contribution in [2.75, 3.05) is 10.7 Å². The van der Waals surface area contributed by atoms with Crippen LogP contribution in [-0.4, -0.2) is 17.3 Å². The van der Waals surface area contributed by atoms with E-state index in [0.29, 0.717) is 5.69 Å². The van der Waals surface area contributed by atoms with Crippen molar-refractivity contribution >= 4 is 34.5 Å². The lowest BCUT2D eigenvalue weighted by Gasteiger charge is -2.07. The molecule has 7 heteroatoms. The Hall–Kier alpha value is -3.97. The van der Waals surface area contributed by atoms with Gasteiger partial charge in [0.05, 0.1) is 11.9 Å². The van der Waals surface area contributed by atoms with Gasteiger partial charge in [-0.25, -0.2) is 9.78 Å². The second-order valence-corrected chi connectivity index (χ2v) is 7.44. The number of thiazole rings is 1. The number of nitrogens with zero attached hydrogens (tertiary/aromatic N) is 2. The van der Waals surface area contributed by atoms with Crippen LogP contribution in [0.5, 0.6) is 0 Å². The van der Waals surface area contributed by atoms with Crippen LogP contribution < -0.4 is 10.7 Å². The van der Waals surface area contributed by atoms with E-state index in [1.54, 1.807) is 18.3 Å². The van der Waals surface area contributed by atoms with Crippen molar-refractivity contribution in [1.82, 2.24) is 4.98 Å². The van der Waals surface area contributed by atoms with Gasteiger partial charge in [0.1, 0.15) is 6.61 Å². The van der Waals surface area contributed by atoms with Gasteiger partial charge in [-0.1, -0.05) is 72.8 Å². The third kappa shape index (κ3) is 6.01. The summed E-state index contributed by atoms with van der Waals surface area (Å²) in [5.41, 5.74) is 7.41.